The third kappa shape index (κ3) is 13.1. The minimum absolute atomic E-state index is 0.147. The second-order valence-electron chi connectivity index (χ2n) is 8.74. The summed E-state index contributed by atoms with van der Waals surface area (Å²) in [4.78, 5) is 0. The fourth-order valence-electron chi connectivity index (χ4n) is 4.00. The third-order valence-electron chi connectivity index (χ3n) is 5.95. The number of aliphatic hydroxyl groups excluding tert-OH is 3. The highest BCUT2D eigenvalue weighted by Gasteiger charge is 2.40. The van der Waals surface area contributed by atoms with Gasteiger partial charge < -0.3 is 24.8 Å². The summed E-state index contributed by atoms with van der Waals surface area (Å²) >= 11 is 0. The Hall–Kier alpha value is -0.460. The fourth-order valence-corrected chi connectivity index (χ4v) is 4.00. The van der Waals surface area contributed by atoms with E-state index in [2.05, 4.69) is 19.1 Å². The number of unbranched alkanes of at least 4 members (excludes halogenated alkanes) is 13. The summed E-state index contributed by atoms with van der Waals surface area (Å²) in [5, 5.41) is 28.7. The van der Waals surface area contributed by atoms with Gasteiger partial charge in [-0.15, -0.1) is 0 Å². The van der Waals surface area contributed by atoms with Gasteiger partial charge in [0.15, 0.2) is 0 Å². The van der Waals surface area contributed by atoms with Crippen molar-refractivity contribution in [2.45, 2.75) is 128 Å². The highest BCUT2D eigenvalue weighted by atomic mass is 16.6. The van der Waals surface area contributed by atoms with E-state index in [1.807, 2.05) is 0 Å². The molecule has 0 bridgehead atoms. The molecule has 30 heavy (non-hydrogen) atoms. The summed E-state index contributed by atoms with van der Waals surface area (Å²) in [6.45, 7) is 2.57. The standard InChI is InChI=1S/C25H48O5/c1-2-3-4-5-6-7-8-9-10-11-12-13-14-15-16-17-18-19-29-25-23(28)21-30-24(25)22(27)20-26/h14-15,22-28H,2-13,16-21H2,1H3/b15-14+/t22-,23+,24-,25-/m0/s1. The molecular formula is C25H48O5. The van der Waals surface area contributed by atoms with Crippen molar-refractivity contribution in [1.82, 2.24) is 0 Å². The monoisotopic (exact) mass is 428 g/mol. The van der Waals surface area contributed by atoms with Crippen LogP contribution in [0.1, 0.15) is 103 Å². The number of hydrogen-bond donors (Lipinski definition) is 3. The minimum Gasteiger partial charge on any atom is -0.394 e. The Labute approximate surface area is 184 Å². The Morgan fingerprint density at radius 2 is 1.40 bits per heavy atom. The number of aliphatic hydroxyl groups is 3. The van der Waals surface area contributed by atoms with Crippen molar-refractivity contribution in [2.24, 2.45) is 0 Å². The predicted octanol–water partition coefficient (Wildman–Crippen LogP) is 4.91. The van der Waals surface area contributed by atoms with Gasteiger partial charge in [0.2, 0.25) is 0 Å². The first kappa shape index (κ1) is 27.6. The Morgan fingerprint density at radius 1 is 0.867 bits per heavy atom. The summed E-state index contributed by atoms with van der Waals surface area (Å²) in [5.41, 5.74) is 0. The molecule has 5 heteroatoms. The summed E-state index contributed by atoms with van der Waals surface area (Å²) in [6.07, 6.45) is 21.1. The average Bonchev–Trinajstić information content (AvgIpc) is 3.12. The molecule has 0 radical (unpaired) electrons. The molecule has 0 saturated carbocycles. The molecule has 0 aromatic heterocycles. The maximum absolute atomic E-state index is 9.89. The van der Waals surface area contributed by atoms with Crippen LogP contribution in [-0.4, -0.2) is 59.6 Å². The molecule has 3 N–H and O–H groups in total. The second kappa shape index (κ2) is 19.2. The zero-order chi connectivity index (χ0) is 21.9. The first-order chi connectivity index (χ1) is 14.7. The SMILES string of the molecule is CCCCCCCCCCCCC/C=C/CCCCO[C@@H]1[C@H]([C@@H](O)CO)OC[C@H]1O. The highest BCUT2D eigenvalue weighted by Crippen LogP contribution is 2.21. The molecular weight excluding hydrogens is 380 g/mol. The summed E-state index contributed by atoms with van der Waals surface area (Å²) in [6, 6.07) is 0. The quantitative estimate of drug-likeness (QED) is 0.190. The van der Waals surface area contributed by atoms with Gasteiger partial charge in [0.05, 0.1) is 13.2 Å². The van der Waals surface area contributed by atoms with Crippen molar-refractivity contribution in [3.8, 4) is 0 Å². The smallest absolute Gasteiger partial charge is 0.114 e. The van der Waals surface area contributed by atoms with E-state index >= 15 is 0 Å². The fraction of sp³-hybridized carbons (Fsp3) is 0.920. The average molecular weight is 429 g/mol. The van der Waals surface area contributed by atoms with E-state index in [4.69, 9.17) is 14.6 Å². The van der Waals surface area contributed by atoms with Crippen LogP contribution in [0.5, 0.6) is 0 Å². The molecule has 0 aromatic carbocycles. The lowest BCUT2D eigenvalue weighted by molar-refractivity contribution is -0.0937. The van der Waals surface area contributed by atoms with E-state index in [-0.39, 0.29) is 13.2 Å². The van der Waals surface area contributed by atoms with Gasteiger partial charge in [-0.2, -0.15) is 0 Å². The molecule has 1 aliphatic heterocycles. The lowest BCUT2D eigenvalue weighted by Crippen LogP contribution is -2.42. The lowest BCUT2D eigenvalue weighted by Gasteiger charge is -2.23. The van der Waals surface area contributed by atoms with Gasteiger partial charge in [-0.05, 0) is 32.1 Å². The summed E-state index contributed by atoms with van der Waals surface area (Å²) in [7, 11) is 0. The summed E-state index contributed by atoms with van der Waals surface area (Å²) in [5.74, 6) is 0. The van der Waals surface area contributed by atoms with Crippen LogP contribution in [0.3, 0.4) is 0 Å². The molecule has 5 nitrogen and oxygen atoms in total. The molecule has 1 saturated heterocycles. The molecule has 0 unspecified atom stereocenters. The molecule has 4 atom stereocenters. The first-order valence-corrected chi connectivity index (χ1v) is 12.6. The Bertz CT molecular complexity index is 401. The molecule has 178 valence electrons. The summed E-state index contributed by atoms with van der Waals surface area (Å²) < 4.78 is 11.0. The number of allylic oxidation sites excluding steroid dienone is 2. The van der Waals surface area contributed by atoms with Crippen LogP contribution < -0.4 is 0 Å². The second-order valence-corrected chi connectivity index (χ2v) is 8.74. The van der Waals surface area contributed by atoms with Crippen molar-refractivity contribution in [1.29, 1.82) is 0 Å². The van der Waals surface area contributed by atoms with Crippen molar-refractivity contribution in [3.05, 3.63) is 12.2 Å². The van der Waals surface area contributed by atoms with E-state index in [1.54, 1.807) is 0 Å². The number of hydrogen-bond acceptors (Lipinski definition) is 5. The highest BCUT2D eigenvalue weighted by molar-refractivity contribution is 4.89. The maximum Gasteiger partial charge on any atom is 0.114 e. The van der Waals surface area contributed by atoms with E-state index in [0.29, 0.717) is 6.61 Å². The lowest BCUT2D eigenvalue weighted by atomic mass is 10.1. The van der Waals surface area contributed by atoms with Crippen molar-refractivity contribution >= 4 is 0 Å². The van der Waals surface area contributed by atoms with Crippen LogP contribution in [0, 0.1) is 0 Å². The normalized spacial score (nSPS) is 22.9. The van der Waals surface area contributed by atoms with Gasteiger partial charge in [0, 0.05) is 6.61 Å². The van der Waals surface area contributed by atoms with E-state index in [0.717, 1.165) is 19.3 Å². The van der Waals surface area contributed by atoms with Crippen LogP contribution in [0.15, 0.2) is 12.2 Å². The Morgan fingerprint density at radius 3 is 1.97 bits per heavy atom. The van der Waals surface area contributed by atoms with Crippen LogP contribution in [0.2, 0.25) is 0 Å². The number of rotatable bonds is 20. The molecule has 0 aliphatic carbocycles. The van der Waals surface area contributed by atoms with Gasteiger partial charge >= 0.3 is 0 Å². The maximum atomic E-state index is 9.89. The van der Waals surface area contributed by atoms with Crippen LogP contribution in [0.4, 0.5) is 0 Å². The van der Waals surface area contributed by atoms with Gasteiger partial charge in [0.1, 0.15) is 24.4 Å². The third-order valence-corrected chi connectivity index (χ3v) is 5.95. The van der Waals surface area contributed by atoms with Gasteiger partial charge in [0.25, 0.3) is 0 Å². The van der Waals surface area contributed by atoms with Crippen LogP contribution in [0.25, 0.3) is 0 Å². The van der Waals surface area contributed by atoms with E-state index in [1.165, 1.54) is 77.0 Å². The molecule has 1 aliphatic rings. The van der Waals surface area contributed by atoms with E-state index < -0.39 is 24.4 Å². The van der Waals surface area contributed by atoms with Crippen molar-refractivity contribution in [2.75, 3.05) is 19.8 Å². The minimum atomic E-state index is -1.01. The largest absolute Gasteiger partial charge is 0.394 e. The van der Waals surface area contributed by atoms with Gasteiger partial charge in [-0.3, -0.25) is 0 Å². The zero-order valence-electron chi connectivity index (χ0n) is 19.4. The van der Waals surface area contributed by atoms with Crippen molar-refractivity contribution in [3.63, 3.8) is 0 Å². The molecule has 0 aromatic rings. The Kier molecular flexibility index (Phi) is 17.7. The van der Waals surface area contributed by atoms with Crippen LogP contribution >= 0.6 is 0 Å². The van der Waals surface area contributed by atoms with Crippen LogP contribution in [-0.2, 0) is 9.47 Å². The Balaban J connectivity index is 1.86. The molecule has 1 fully saturated rings. The molecule has 1 heterocycles. The molecule has 0 spiro atoms. The van der Waals surface area contributed by atoms with Crippen molar-refractivity contribution < 1.29 is 24.8 Å². The van der Waals surface area contributed by atoms with E-state index in [9.17, 15) is 10.2 Å². The number of ether oxygens (including phenoxy) is 2. The first-order valence-electron chi connectivity index (χ1n) is 12.6. The van der Waals surface area contributed by atoms with Gasteiger partial charge in [-0.1, -0.05) is 83.3 Å². The molecule has 0 amide bonds. The van der Waals surface area contributed by atoms with Gasteiger partial charge in [-0.25, -0.2) is 0 Å². The topological polar surface area (TPSA) is 79.2 Å². The zero-order valence-corrected chi connectivity index (χ0v) is 19.4. The predicted molar refractivity (Wildman–Crippen MR) is 123 cm³/mol. The molecule has 1 rings (SSSR count).